The molecular formula is C26H37NO5. The molecule has 2 saturated carbocycles. The lowest BCUT2D eigenvalue weighted by molar-refractivity contribution is -0.137. The fraction of sp³-hybridized carbons (Fsp3) is 0.731. The van der Waals surface area contributed by atoms with Crippen LogP contribution in [0, 0.1) is 28.6 Å². The Balaban J connectivity index is 1.48. The third-order valence-corrected chi connectivity index (χ3v) is 8.58. The highest BCUT2D eigenvalue weighted by atomic mass is 16.6. The summed E-state index contributed by atoms with van der Waals surface area (Å²) in [5.74, 6) is 3.61. The quantitative estimate of drug-likeness (QED) is 0.725. The summed E-state index contributed by atoms with van der Waals surface area (Å²) in [7, 11) is 1.67. The molecule has 0 unspecified atom stereocenters. The van der Waals surface area contributed by atoms with Crippen LogP contribution < -0.4 is 19.5 Å². The van der Waals surface area contributed by atoms with Crippen LogP contribution in [-0.2, 0) is 9.53 Å². The van der Waals surface area contributed by atoms with Gasteiger partial charge in [0.2, 0.25) is 11.7 Å². The second-order valence-corrected chi connectivity index (χ2v) is 11.2. The number of hydrogen-bond acceptors (Lipinski definition) is 5. The average Bonchev–Trinajstić information content (AvgIpc) is 3.24. The first-order valence-electron chi connectivity index (χ1n) is 12.1. The molecule has 3 fully saturated rings. The van der Waals surface area contributed by atoms with Crippen molar-refractivity contribution < 1.29 is 23.7 Å². The van der Waals surface area contributed by atoms with E-state index in [4.69, 9.17) is 18.9 Å². The van der Waals surface area contributed by atoms with Crippen molar-refractivity contribution in [2.75, 3.05) is 26.9 Å². The molecular weight excluding hydrogens is 406 g/mol. The van der Waals surface area contributed by atoms with Gasteiger partial charge in [0.25, 0.3) is 0 Å². The van der Waals surface area contributed by atoms with Gasteiger partial charge < -0.3 is 24.3 Å². The first-order chi connectivity index (χ1) is 15.3. The van der Waals surface area contributed by atoms with Gasteiger partial charge in [0.1, 0.15) is 13.2 Å². The Morgan fingerprint density at radius 2 is 2.00 bits per heavy atom. The molecule has 6 heteroatoms. The highest BCUT2D eigenvalue weighted by Crippen LogP contribution is 2.70. The predicted octanol–water partition coefficient (Wildman–Crippen LogP) is 4.51. The van der Waals surface area contributed by atoms with Gasteiger partial charge in [-0.2, -0.15) is 0 Å². The molecule has 1 aromatic rings. The SMILES string of the molecule is COc1cc([C@H]2OCC[C@@]34C[C@@H](C[C@H]23)C(C)(C)[C@@H]4NC(=O)CC(C)C)cc2c1OCCO2. The summed E-state index contributed by atoms with van der Waals surface area (Å²) in [5.41, 5.74) is 1.26. The summed E-state index contributed by atoms with van der Waals surface area (Å²) in [4.78, 5) is 12.9. The third kappa shape index (κ3) is 3.28. The van der Waals surface area contributed by atoms with Crippen LogP contribution in [0.5, 0.6) is 17.2 Å². The van der Waals surface area contributed by atoms with E-state index in [1.54, 1.807) is 7.11 Å². The van der Waals surface area contributed by atoms with E-state index in [-0.39, 0.29) is 28.9 Å². The zero-order valence-corrected chi connectivity index (χ0v) is 20.0. The fourth-order valence-electron chi connectivity index (χ4n) is 7.17. The van der Waals surface area contributed by atoms with E-state index in [1.165, 1.54) is 6.42 Å². The van der Waals surface area contributed by atoms with Crippen molar-refractivity contribution in [2.45, 2.75) is 65.5 Å². The van der Waals surface area contributed by atoms with Crippen LogP contribution in [0.25, 0.3) is 0 Å². The number of ether oxygens (including phenoxy) is 4. The largest absolute Gasteiger partial charge is 0.493 e. The van der Waals surface area contributed by atoms with E-state index in [2.05, 4.69) is 45.1 Å². The van der Waals surface area contributed by atoms with Crippen LogP contribution in [0.3, 0.4) is 0 Å². The number of methoxy groups -OCH3 is 1. The molecule has 1 saturated heterocycles. The number of hydrogen-bond donors (Lipinski definition) is 1. The first kappa shape index (κ1) is 21.9. The number of carbonyl (C=O) groups is 1. The van der Waals surface area contributed by atoms with E-state index < -0.39 is 0 Å². The standard InChI is InChI=1S/C26H37NO5/c1-15(2)10-21(28)27-24-25(3,4)17-13-18-22(31-7-6-26(18,24)14-17)16-11-19(29-5)23-20(12-16)30-8-9-32-23/h11-12,15,17-18,22,24H,6-10,13-14H2,1-5H3,(H,27,28)/t17-,18-,22-,24+,26-/m1/s1. The van der Waals surface area contributed by atoms with Gasteiger partial charge in [0, 0.05) is 19.1 Å². The third-order valence-electron chi connectivity index (χ3n) is 8.58. The smallest absolute Gasteiger partial charge is 0.220 e. The van der Waals surface area contributed by atoms with Gasteiger partial charge in [-0.1, -0.05) is 27.7 Å². The van der Waals surface area contributed by atoms with E-state index in [1.807, 2.05) is 0 Å². The molecule has 2 aliphatic heterocycles. The van der Waals surface area contributed by atoms with Gasteiger partial charge in [0.05, 0.1) is 13.2 Å². The molecule has 5 rings (SSSR count). The Morgan fingerprint density at radius 1 is 1.22 bits per heavy atom. The first-order valence-corrected chi connectivity index (χ1v) is 12.1. The maximum absolute atomic E-state index is 12.9. The van der Waals surface area contributed by atoms with Crippen LogP contribution in [0.1, 0.15) is 65.0 Å². The van der Waals surface area contributed by atoms with Gasteiger partial charge in [-0.25, -0.2) is 0 Å². The molecule has 1 aromatic carbocycles. The van der Waals surface area contributed by atoms with Crippen molar-refractivity contribution >= 4 is 5.91 Å². The molecule has 4 aliphatic rings. The van der Waals surface area contributed by atoms with Gasteiger partial charge in [0.15, 0.2) is 11.5 Å². The number of fused-ring (bicyclic) bond motifs is 2. The molecule has 32 heavy (non-hydrogen) atoms. The Morgan fingerprint density at radius 3 is 2.75 bits per heavy atom. The van der Waals surface area contributed by atoms with Gasteiger partial charge in [-0.05, 0) is 65.5 Å². The fourth-order valence-corrected chi connectivity index (χ4v) is 7.17. The van der Waals surface area contributed by atoms with Crippen molar-refractivity contribution in [1.29, 1.82) is 0 Å². The number of rotatable bonds is 5. The molecule has 0 radical (unpaired) electrons. The summed E-state index contributed by atoms with van der Waals surface area (Å²) < 4.78 is 23.8. The van der Waals surface area contributed by atoms with Crippen molar-refractivity contribution in [3.8, 4) is 17.2 Å². The van der Waals surface area contributed by atoms with Crippen LogP contribution in [0.2, 0.25) is 0 Å². The lowest BCUT2D eigenvalue weighted by atomic mass is 9.58. The monoisotopic (exact) mass is 443 g/mol. The van der Waals surface area contributed by atoms with E-state index >= 15 is 0 Å². The Kier molecular flexibility index (Phi) is 5.35. The predicted molar refractivity (Wildman–Crippen MR) is 121 cm³/mol. The number of carbonyl (C=O) groups excluding carboxylic acids is 1. The lowest BCUT2D eigenvalue weighted by Gasteiger charge is -2.53. The maximum Gasteiger partial charge on any atom is 0.220 e. The number of nitrogens with one attached hydrogen (secondary N) is 1. The van der Waals surface area contributed by atoms with Crippen molar-refractivity contribution in [3.05, 3.63) is 17.7 Å². The van der Waals surface area contributed by atoms with Crippen LogP contribution in [0.15, 0.2) is 12.1 Å². The molecule has 2 bridgehead atoms. The Bertz CT molecular complexity index is 879. The van der Waals surface area contributed by atoms with E-state index in [9.17, 15) is 4.79 Å². The second-order valence-electron chi connectivity index (χ2n) is 11.2. The highest BCUT2D eigenvalue weighted by Gasteiger charge is 2.68. The number of benzene rings is 1. The summed E-state index contributed by atoms with van der Waals surface area (Å²) >= 11 is 0. The Hall–Kier alpha value is -1.95. The summed E-state index contributed by atoms with van der Waals surface area (Å²) in [6, 6.07) is 4.31. The topological polar surface area (TPSA) is 66.0 Å². The van der Waals surface area contributed by atoms with Crippen molar-refractivity contribution in [1.82, 2.24) is 5.32 Å². The van der Waals surface area contributed by atoms with Gasteiger partial charge >= 0.3 is 0 Å². The average molecular weight is 444 g/mol. The minimum atomic E-state index is -0.0286. The molecule has 6 nitrogen and oxygen atoms in total. The van der Waals surface area contributed by atoms with Crippen LogP contribution in [0.4, 0.5) is 0 Å². The summed E-state index contributed by atoms with van der Waals surface area (Å²) in [6.45, 7) is 10.7. The van der Waals surface area contributed by atoms with Crippen molar-refractivity contribution in [2.24, 2.45) is 28.6 Å². The second kappa shape index (κ2) is 7.82. The minimum absolute atomic E-state index is 0.0286. The zero-order valence-electron chi connectivity index (χ0n) is 20.0. The van der Waals surface area contributed by atoms with Crippen molar-refractivity contribution in [3.63, 3.8) is 0 Å². The van der Waals surface area contributed by atoms with E-state index in [0.29, 0.717) is 55.5 Å². The molecule has 1 amide bonds. The van der Waals surface area contributed by atoms with Crippen LogP contribution in [-0.4, -0.2) is 38.9 Å². The molecule has 176 valence electrons. The molecule has 1 N–H and O–H groups in total. The molecule has 1 spiro atoms. The lowest BCUT2D eigenvalue weighted by Crippen LogP contribution is -2.59. The van der Waals surface area contributed by atoms with Crippen LogP contribution >= 0.6 is 0 Å². The normalized spacial score (nSPS) is 34.3. The van der Waals surface area contributed by atoms with Gasteiger partial charge in [-0.15, -0.1) is 0 Å². The highest BCUT2D eigenvalue weighted by molar-refractivity contribution is 5.76. The maximum atomic E-state index is 12.9. The van der Waals surface area contributed by atoms with Gasteiger partial charge in [-0.3, -0.25) is 4.79 Å². The summed E-state index contributed by atoms with van der Waals surface area (Å²) in [5, 5.41) is 3.50. The number of amides is 1. The minimum Gasteiger partial charge on any atom is -0.493 e. The van der Waals surface area contributed by atoms with E-state index in [0.717, 1.165) is 24.2 Å². The molecule has 2 aliphatic carbocycles. The summed E-state index contributed by atoms with van der Waals surface area (Å²) in [6.07, 6.45) is 3.85. The molecule has 0 aromatic heterocycles. The zero-order chi connectivity index (χ0) is 22.7. The molecule has 2 heterocycles. The molecule has 5 atom stereocenters. The Labute approximate surface area is 191 Å².